The minimum absolute atomic E-state index is 0.121. The molecule has 0 spiro atoms. The molecule has 2 bridgehead atoms. The smallest absolute Gasteiger partial charge is 0.217 e. The number of amides is 1. The Kier molecular flexibility index (Phi) is 2.31. The lowest BCUT2D eigenvalue weighted by molar-refractivity contribution is -0.120. The first kappa shape index (κ1) is 9.04. The van der Waals surface area contributed by atoms with Crippen LogP contribution in [0, 0.1) is 17.8 Å². The first-order valence-electron chi connectivity index (χ1n) is 5.44. The largest absolute Gasteiger partial charge is 0.354 e. The van der Waals surface area contributed by atoms with Crippen LogP contribution >= 0.6 is 0 Å². The summed E-state index contributed by atoms with van der Waals surface area (Å²) in [5, 5.41) is 3.03. The molecule has 0 heterocycles. The predicted octanol–water partition coefficient (Wildman–Crippen LogP) is 1.95. The summed E-state index contributed by atoms with van der Waals surface area (Å²) in [6.45, 7) is 3.77. The Morgan fingerprint density at radius 1 is 1.38 bits per heavy atom. The van der Waals surface area contributed by atoms with E-state index in [0.717, 1.165) is 17.8 Å². The molecule has 13 heavy (non-hydrogen) atoms. The third-order valence-electron chi connectivity index (χ3n) is 3.87. The highest BCUT2D eigenvalue weighted by Crippen LogP contribution is 2.49. The monoisotopic (exact) mass is 181 g/mol. The van der Waals surface area contributed by atoms with Gasteiger partial charge in [0.05, 0.1) is 0 Å². The van der Waals surface area contributed by atoms with Crippen molar-refractivity contribution in [1.82, 2.24) is 5.32 Å². The molecule has 0 unspecified atom stereocenters. The average molecular weight is 181 g/mol. The molecular weight excluding hydrogens is 162 g/mol. The Labute approximate surface area is 80.1 Å². The second kappa shape index (κ2) is 3.32. The lowest BCUT2D eigenvalue weighted by atomic mass is 9.84. The van der Waals surface area contributed by atoms with Gasteiger partial charge in [0.1, 0.15) is 0 Å². The Morgan fingerprint density at radius 2 is 2.15 bits per heavy atom. The van der Waals surface area contributed by atoms with E-state index in [1.165, 1.54) is 25.7 Å². The average Bonchev–Trinajstić information content (AvgIpc) is 2.62. The minimum Gasteiger partial charge on any atom is -0.354 e. The van der Waals surface area contributed by atoms with Crippen LogP contribution in [0.2, 0.25) is 0 Å². The molecule has 2 nitrogen and oxygen atoms in total. The van der Waals surface area contributed by atoms with E-state index < -0.39 is 0 Å². The molecule has 0 aromatic rings. The van der Waals surface area contributed by atoms with Crippen molar-refractivity contribution in [2.24, 2.45) is 17.8 Å². The van der Waals surface area contributed by atoms with Crippen LogP contribution in [0.5, 0.6) is 0 Å². The molecule has 0 aliphatic heterocycles. The fourth-order valence-corrected chi connectivity index (χ4v) is 3.33. The molecule has 1 amide bonds. The van der Waals surface area contributed by atoms with E-state index in [1.54, 1.807) is 6.92 Å². The van der Waals surface area contributed by atoms with Gasteiger partial charge < -0.3 is 5.32 Å². The fourth-order valence-electron chi connectivity index (χ4n) is 3.33. The zero-order valence-electron chi connectivity index (χ0n) is 8.55. The Bertz CT molecular complexity index is 214. The van der Waals surface area contributed by atoms with Gasteiger partial charge in [0.15, 0.2) is 0 Å². The summed E-state index contributed by atoms with van der Waals surface area (Å²) in [6, 6.07) is 0.396. The SMILES string of the molecule is CC(=O)N[C@H](C)[C@H]1C[C@H]2CC[C@H]1C2. The molecule has 2 fully saturated rings. The third kappa shape index (κ3) is 1.72. The van der Waals surface area contributed by atoms with Crippen molar-refractivity contribution in [3.8, 4) is 0 Å². The molecular formula is C11H19NO. The maximum absolute atomic E-state index is 10.9. The van der Waals surface area contributed by atoms with Gasteiger partial charge in [-0.1, -0.05) is 6.42 Å². The zero-order valence-corrected chi connectivity index (χ0v) is 8.55. The van der Waals surface area contributed by atoms with Crippen LogP contribution in [-0.4, -0.2) is 11.9 Å². The summed E-state index contributed by atoms with van der Waals surface area (Å²) in [5.41, 5.74) is 0. The van der Waals surface area contributed by atoms with Gasteiger partial charge in [-0.05, 0) is 43.9 Å². The highest BCUT2D eigenvalue weighted by Gasteiger charge is 2.41. The molecule has 2 rings (SSSR count). The molecule has 0 radical (unpaired) electrons. The molecule has 0 aromatic carbocycles. The summed E-state index contributed by atoms with van der Waals surface area (Å²) in [6.07, 6.45) is 5.62. The van der Waals surface area contributed by atoms with Gasteiger partial charge in [-0.15, -0.1) is 0 Å². The first-order chi connectivity index (χ1) is 6.16. The number of rotatable bonds is 2. The second-order valence-corrected chi connectivity index (χ2v) is 4.83. The molecule has 2 aliphatic rings. The van der Waals surface area contributed by atoms with Crippen LogP contribution in [-0.2, 0) is 4.79 Å². The molecule has 2 heteroatoms. The van der Waals surface area contributed by atoms with Crippen LogP contribution in [0.4, 0.5) is 0 Å². The predicted molar refractivity (Wildman–Crippen MR) is 52.2 cm³/mol. The standard InChI is InChI=1S/C11H19NO/c1-7(12-8(2)13)11-6-9-3-4-10(11)5-9/h7,9-11H,3-6H2,1-2H3,(H,12,13)/t7-,9+,10+,11-/m1/s1. The van der Waals surface area contributed by atoms with Crippen molar-refractivity contribution >= 4 is 5.91 Å². The molecule has 0 aromatic heterocycles. The molecule has 74 valence electrons. The first-order valence-corrected chi connectivity index (χ1v) is 5.44. The Hall–Kier alpha value is -0.530. The Morgan fingerprint density at radius 3 is 2.62 bits per heavy atom. The van der Waals surface area contributed by atoms with Crippen LogP contribution in [0.15, 0.2) is 0 Å². The van der Waals surface area contributed by atoms with Gasteiger partial charge in [-0.3, -0.25) is 4.79 Å². The maximum Gasteiger partial charge on any atom is 0.217 e. The van der Waals surface area contributed by atoms with E-state index in [9.17, 15) is 4.79 Å². The zero-order chi connectivity index (χ0) is 9.42. The van der Waals surface area contributed by atoms with E-state index in [-0.39, 0.29) is 5.91 Å². The van der Waals surface area contributed by atoms with Crippen molar-refractivity contribution in [3.05, 3.63) is 0 Å². The van der Waals surface area contributed by atoms with E-state index >= 15 is 0 Å². The van der Waals surface area contributed by atoms with Gasteiger partial charge in [-0.2, -0.15) is 0 Å². The van der Waals surface area contributed by atoms with Crippen molar-refractivity contribution in [2.75, 3.05) is 0 Å². The van der Waals surface area contributed by atoms with Gasteiger partial charge in [0.2, 0.25) is 5.91 Å². The number of fused-ring (bicyclic) bond motifs is 2. The normalized spacial score (nSPS) is 39.1. The highest BCUT2D eigenvalue weighted by molar-refractivity contribution is 5.73. The summed E-state index contributed by atoms with van der Waals surface area (Å²) in [7, 11) is 0. The lowest BCUT2D eigenvalue weighted by Crippen LogP contribution is -2.38. The van der Waals surface area contributed by atoms with Gasteiger partial charge in [-0.25, -0.2) is 0 Å². The second-order valence-electron chi connectivity index (χ2n) is 4.83. The summed E-state index contributed by atoms with van der Waals surface area (Å²) < 4.78 is 0. The molecule has 4 atom stereocenters. The van der Waals surface area contributed by atoms with Crippen LogP contribution in [0.1, 0.15) is 39.5 Å². The third-order valence-corrected chi connectivity index (χ3v) is 3.87. The fraction of sp³-hybridized carbons (Fsp3) is 0.909. The number of carbonyl (C=O) groups excluding carboxylic acids is 1. The summed E-state index contributed by atoms with van der Waals surface area (Å²) in [4.78, 5) is 10.9. The van der Waals surface area contributed by atoms with E-state index in [4.69, 9.17) is 0 Å². The van der Waals surface area contributed by atoms with E-state index in [1.807, 2.05) is 0 Å². The lowest BCUT2D eigenvalue weighted by Gasteiger charge is -2.28. The molecule has 0 saturated heterocycles. The van der Waals surface area contributed by atoms with Gasteiger partial charge >= 0.3 is 0 Å². The number of hydrogen-bond acceptors (Lipinski definition) is 1. The van der Waals surface area contributed by atoms with Crippen molar-refractivity contribution in [3.63, 3.8) is 0 Å². The minimum atomic E-state index is 0.121. The molecule has 1 N–H and O–H groups in total. The van der Waals surface area contributed by atoms with Crippen LogP contribution < -0.4 is 5.32 Å². The number of nitrogens with one attached hydrogen (secondary N) is 1. The number of hydrogen-bond donors (Lipinski definition) is 1. The van der Waals surface area contributed by atoms with Crippen LogP contribution in [0.25, 0.3) is 0 Å². The van der Waals surface area contributed by atoms with Crippen molar-refractivity contribution in [1.29, 1.82) is 0 Å². The van der Waals surface area contributed by atoms with E-state index in [0.29, 0.717) is 6.04 Å². The summed E-state index contributed by atoms with van der Waals surface area (Å²) in [5.74, 6) is 2.77. The summed E-state index contributed by atoms with van der Waals surface area (Å²) >= 11 is 0. The topological polar surface area (TPSA) is 29.1 Å². The Balaban J connectivity index is 1.91. The molecule has 2 saturated carbocycles. The highest BCUT2D eigenvalue weighted by atomic mass is 16.1. The number of carbonyl (C=O) groups is 1. The van der Waals surface area contributed by atoms with E-state index in [2.05, 4.69) is 12.2 Å². The van der Waals surface area contributed by atoms with Crippen LogP contribution in [0.3, 0.4) is 0 Å². The maximum atomic E-state index is 10.9. The van der Waals surface area contributed by atoms with Gasteiger partial charge in [0.25, 0.3) is 0 Å². The van der Waals surface area contributed by atoms with Crippen molar-refractivity contribution < 1.29 is 4.79 Å². The van der Waals surface area contributed by atoms with Gasteiger partial charge in [0, 0.05) is 13.0 Å². The quantitative estimate of drug-likeness (QED) is 0.693. The van der Waals surface area contributed by atoms with Crippen molar-refractivity contribution in [2.45, 2.75) is 45.6 Å². The molecule has 2 aliphatic carbocycles.